The van der Waals surface area contributed by atoms with Gasteiger partial charge in [0.2, 0.25) is 5.88 Å². The molecule has 2 aromatic rings. The number of hydrogen-bond donors (Lipinski definition) is 2. The van der Waals surface area contributed by atoms with E-state index in [9.17, 15) is 4.79 Å². The molecule has 92 valence electrons. The van der Waals surface area contributed by atoms with Gasteiger partial charge in [0.1, 0.15) is 0 Å². The number of aromatic nitrogens is 1. The zero-order valence-corrected chi connectivity index (χ0v) is 9.75. The molecule has 0 aliphatic carbocycles. The molecule has 1 aromatic carbocycles. The molecule has 5 heteroatoms. The smallest absolute Gasteiger partial charge is 0.335 e. The van der Waals surface area contributed by atoms with E-state index < -0.39 is 5.97 Å². The lowest BCUT2D eigenvalue weighted by Gasteiger charge is -2.08. The number of carboxylic acid groups (broad SMARTS) is 1. The molecule has 18 heavy (non-hydrogen) atoms. The number of methoxy groups -OCH3 is 1. The predicted octanol–water partition coefficient (Wildman–Crippen LogP) is 2.53. The Morgan fingerprint density at radius 2 is 2.06 bits per heavy atom. The van der Waals surface area contributed by atoms with E-state index in [1.807, 2.05) is 0 Å². The summed E-state index contributed by atoms with van der Waals surface area (Å²) in [6, 6.07) is 10.1. The van der Waals surface area contributed by atoms with Crippen LogP contribution >= 0.6 is 0 Å². The Morgan fingerprint density at radius 3 is 2.78 bits per heavy atom. The van der Waals surface area contributed by atoms with Gasteiger partial charge >= 0.3 is 5.97 Å². The molecular formula is C13H12N2O3. The van der Waals surface area contributed by atoms with Crippen LogP contribution in [-0.4, -0.2) is 23.2 Å². The number of nitrogens with zero attached hydrogens (tertiary/aromatic N) is 1. The fraction of sp³-hybridized carbons (Fsp3) is 0.0769. The van der Waals surface area contributed by atoms with Crippen molar-refractivity contribution in [2.75, 3.05) is 12.4 Å². The largest absolute Gasteiger partial charge is 0.481 e. The SMILES string of the molecule is COc1cc(Nc2cccc(C(=O)O)c2)ccn1. The summed E-state index contributed by atoms with van der Waals surface area (Å²) in [6.07, 6.45) is 1.61. The third-order valence-electron chi connectivity index (χ3n) is 2.34. The topological polar surface area (TPSA) is 71.5 Å². The van der Waals surface area contributed by atoms with Gasteiger partial charge < -0.3 is 15.2 Å². The number of carbonyl (C=O) groups is 1. The molecule has 0 saturated carbocycles. The van der Waals surface area contributed by atoms with Gasteiger partial charge in [0.15, 0.2) is 0 Å². The van der Waals surface area contributed by atoms with Gasteiger partial charge in [-0.05, 0) is 24.3 Å². The van der Waals surface area contributed by atoms with Crippen molar-refractivity contribution < 1.29 is 14.6 Å². The Balaban J connectivity index is 2.22. The van der Waals surface area contributed by atoms with Gasteiger partial charge in [-0.25, -0.2) is 9.78 Å². The van der Waals surface area contributed by atoms with Gasteiger partial charge in [0, 0.05) is 23.6 Å². The first-order chi connectivity index (χ1) is 8.69. The fourth-order valence-corrected chi connectivity index (χ4v) is 1.50. The van der Waals surface area contributed by atoms with E-state index in [-0.39, 0.29) is 5.56 Å². The average molecular weight is 244 g/mol. The van der Waals surface area contributed by atoms with Crippen molar-refractivity contribution in [3.63, 3.8) is 0 Å². The lowest BCUT2D eigenvalue weighted by molar-refractivity contribution is 0.0697. The molecule has 0 spiro atoms. The molecule has 0 aliphatic heterocycles. The lowest BCUT2D eigenvalue weighted by Crippen LogP contribution is -1.98. The van der Waals surface area contributed by atoms with Gasteiger partial charge in [0.05, 0.1) is 12.7 Å². The summed E-state index contributed by atoms with van der Waals surface area (Å²) < 4.78 is 5.01. The normalized spacial score (nSPS) is 9.83. The minimum Gasteiger partial charge on any atom is -0.481 e. The molecule has 0 bridgehead atoms. The van der Waals surface area contributed by atoms with E-state index in [2.05, 4.69) is 10.3 Å². The number of hydrogen-bond acceptors (Lipinski definition) is 4. The van der Waals surface area contributed by atoms with E-state index in [0.717, 1.165) is 5.69 Å². The third kappa shape index (κ3) is 2.76. The van der Waals surface area contributed by atoms with Crippen molar-refractivity contribution in [1.29, 1.82) is 0 Å². The first-order valence-corrected chi connectivity index (χ1v) is 5.29. The zero-order valence-electron chi connectivity index (χ0n) is 9.75. The lowest BCUT2D eigenvalue weighted by atomic mass is 10.2. The van der Waals surface area contributed by atoms with Crippen LogP contribution in [0.4, 0.5) is 11.4 Å². The summed E-state index contributed by atoms with van der Waals surface area (Å²) in [7, 11) is 1.54. The van der Waals surface area contributed by atoms with Crippen molar-refractivity contribution in [1.82, 2.24) is 4.98 Å². The Hall–Kier alpha value is -2.56. The highest BCUT2D eigenvalue weighted by Crippen LogP contribution is 2.20. The number of rotatable bonds is 4. The maximum Gasteiger partial charge on any atom is 0.335 e. The molecular weight excluding hydrogens is 232 g/mol. The number of benzene rings is 1. The highest BCUT2D eigenvalue weighted by Gasteiger charge is 2.03. The van der Waals surface area contributed by atoms with Gasteiger partial charge in [-0.2, -0.15) is 0 Å². The van der Waals surface area contributed by atoms with Gasteiger partial charge in [-0.1, -0.05) is 6.07 Å². The van der Waals surface area contributed by atoms with Crippen molar-refractivity contribution in [2.45, 2.75) is 0 Å². The van der Waals surface area contributed by atoms with E-state index >= 15 is 0 Å². The molecule has 0 aliphatic rings. The van der Waals surface area contributed by atoms with Crippen molar-refractivity contribution in [3.05, 3.63) is 48.2 Å². The Labute approximate surface area is 104 Å². The van der Waals surface area contributed by atoms with Crippen LogP contribution in [0.2, 0.25) is 0 Å². The average Bonchev–Trinajstić information content (AvgIpc) is 2.39. The summed E-state index contributed by atoms with van der Waals surface area (Å²) in [4.78, 5) is 14.8. The third-order valence-corrected chi connectivity index (χ3v) is 2.34. The molecule has 1 aromatic heterocycles. The molecule has 5 nitrogen and oxygen atoms in total. The van der Waals surface area contributed by atoms with Crippen LogP contribution in [0.3, 0.4) is 0 Å². The van der Waals surface area contributed by atoms with Crippen LogP contribution in [0.25, 0.3) is 0 Å². The number of ether oxygens (including phenoxy) is 1. The molecule has 1 heterocycles. The van der Waals surface area contributed by atoms with Crippen LogP contribution in [0.5, 0.6) is 5.88 Å². The molecule has 0 atom stereocenters. The summed E-state index contributed by atoms with van der Waals surface area (Å²) in [5.41, 5.74) is 1.72. The summed E-state index contributed by atoms with van der Waals surface area (Å²) in [6.45, 7) is 0. The number of anilines is 2. The van der Waals surface area contributed by atoms with E-state index in [1.165, 1.54) is 7.11 Å². The van der Waals surface area contributed by atoms with Crippen molar-refractivity contribution >= 4 is 17.3 Å². The molecule has 2 rings (SSSR count). The van der Waals surface area contributed by atoms with E-state index in [1.54, 1.807) is 42.6 Å². The first-order valence-electron chi connectivity index (χ1n) is 5.29. The van der Waals surface area contributed by atoms with E-state index in [4.69, 9.17) is 9.84 Å². The molecule has 0 saturated heterocycles. The Morgan fingerprint density at radius 1 is 1.28 bits per heavy atom. The second kappa shape index (κ2) is 5.18. The van der Waals surface area contributed by atoms with Crippen molar-refractivity contribution in [3.8, 4) is 5.88 Å². The standard InChI is InChI=1S/C13H12N2O3/c1-18-12-8-11(5-6-14-12)15-10-4-2-3-9(7-10)13(16)17/h2-8H,1H3,(H,14,15)(H,16,17). The quantitative estimate of drug-likeness (QED) is 0.864. The number of aromatic carboxylic acids is 1. The number of carboxylic acids is 1. The van der Waals surface area contributed by atoms with Crippen LogP contribution < -0.4 is 10.1 Å². The summed E-state index contributed by atoms with van der Waals surface area (Å²) in [5, 5.41) is 12.0. The number of pyridine rings is 1. The highest BCUT2D eigenvalue weighted by molar-refractivity contribution is 5.89. The minimum absolute atomic E-state index is 0.237. The Bertz CT molecular complexity index is 570. The van der Waals surface area contributed by atoms with Crippen LogP contribution in [0.15, 0.2) is 42.6 Å². The summed E-state index contributed by atoms with van der Waals surface area (Å²) in [5.74, 6) is -0.458. The summed E-state index contributed by atoms with van der Waals surface area (Å²) >= 11 is 0. The Kier molecular flexibility index (Phi) is 3.43. The van der Waals surface area contributed by atoms with Crippen LogP contribution in [0.1, 0.15) is 10.4 Å². The monoisotopic (exact) mass is 244 g/mol. The first kappa shape index (κ1) is 11.9. The molecule has 0 fully saturated rings. The predicted molar refractivity (Wildman–Crippen MR) is 67.5 cm³/mol. The zero-order chi connectivity index (χ0) is 13.0. The highest BCUT2D eigenvalue weighted by atomic mass is 16.5. The molecule has 2 N–H and O–H groups in total. The van der Waals surface area contributed by atoms with Crippen LogP contribution in [0, 0.1) is 0 Å². The second-order valence-corrected chi connectivity index (χ2v) is 3.60. The molecule has 0 unspecified atom stereocenters. The second-order valence-electron chi connectivity index (χ2n) is 3.60. The molecule has 0 radical (unpaired) electrons. The van der Waals surface area contributed by atoms with E-state index in [0.29, 0.717) is 11.6 Å². The van der Waals surface area contributed by atoms with Gasteiger partial charge in [0.25, 0.3) is 0 Å². The van der Waals surface area contributed by atoms with Gasteiger partial charge in [-0.3, -0.25) is 0 Å². The minimum atomic E-state index is -0.953. The number of nitrogens with one attached hydrogen (secondary N) is 1. The van der Waals surface area contributed by atoms with Gasteiger partial charge in [-0.15, -0.1) is 0 Å². The maximum atomic E-state index is 10.8. The van der Waals surface area contributed by atoms with Crippen molar-refractivity contribution in [2.24, 2.45) is 0 Å². The maximum absolute atomic E-state index is 10.8. The fourth-order valence-electron chi connectivity index (χ4n) is 1.50. The van der Waals surface area contributed by atoms with Crippen LogP contribution in [-0.2, 0) is 0 Å². The molecule has 0 amide bonds.